The van der Waals surface area contributed by atoms with E-state index in [0.717, 1.165) is 17.7 Å². The van der Waals surface area contributed by atoms with Gasteiger partial charge in [0.15, 0.2) is 0 Å². The molecule has 6 heteroatoms. The van der Waals surface area contributed by atoms with Crippen LogP contribution in [0.1, 0.15) is 18.9 Å². The molecule has 0 spiro atoms. The Kier molecular flexibility index (Phi) is 5.68. The molecule has 0 fully saturated rings. The summed E-state index contributed by atoms with van der Waals surface area (Å²) in [5, 5.41) is 13.4. The van der Waals surface area contributed by atoms with Crippen molar-refractivity contribution in [1.29, 1.82) is 0 Å². The molecule has 2 aromatic carbocycles. The van der Waals surface area contributed by atoms with Crippen LogP contribution in [0.25, 0.3) is 0 Å². The van der Waals surface area contributed by atoms with Crippen LogP contribution < -0.4 is 10.1 Å². The average molecular weight is 314 g/mol. The number of nitrogens with one attached hydrogen (secondary N) is 1. The number of nitro benzene ring substituents is 1. The van der Waals surface area contributed by atoms with Crippen molar-refractivity contribution in [3.8, 4) is 5.75 Å². The molecule has 2 aromatic rings. The minimum Gasteiger partial charge on any atom is -0.493 e. The molecule has 23 heavy (non-hydrogen) atoms. The summed E-state index contributed by atoms with van der Waals surface area (Å²) >= 11 is 0. The number of hydrogen-bond donors (Lipinski definition) is 1. The molecule has 0 aliphatic carbocycles. The third kappa shape index (κ3) is 4.81. The number of para-hydroxylation sites is 1. The van der Waals surface area contributed by atoms with E-state index in [2.05, 4.69) is 5.32 Å². The summed E-state index contributed by atoms with van der Waals surface area (Å²) in [4.78, 5) is 22.0. The van der Waals surface area contributed by atoms with Gasteiger partial charge >= 0.3 is 0 Å². The van der Waals surface area contributed by atoms with Crippen LogP contribution in [-0.2, 0) is 11.2 Å². The number of aryl methyl sites for hydroxylation is 1. The van der Waals surface area contributed by atoms with Gasteiger partial charge in [-0.2, -0.15) is 0 Å². The van der Waals surface area contributed by atoms with E-state index < -0.39 is 4.92 Å². The van der Waals surface area contributed by atoms with Gasteiger partial charge in [-0.15, -0.1) is 0 Å². The van der Waals surface area contributed by atoms with Gasteiger partial charge < -0.3 is 10.1 Å². The number of rotatable bonds is 7. The van der Waals surface area contributed by atoms with Crippen LogP contribution in [0.4, 0.5) is 11.4 Å². The molecule has 2 rings (SSSR count). The topological polar surface area (TPSA) is 81.5 Å². The van der Waals surface area contributed by atoms with Crippen LogP contribution in [0.3, 0.4) is 0 Å². The minimum absolute atomic E-state index is 0.00580. The second kappa shape index (κ2) is 7.93. The predicted octanol–water partition coefficient (Wildman–Crippen LogP) is 3.56. The van der Waals surface area contributed by atoms with Crippen molar-refractivity contribution in [3.05, 3.63) is 64.2 Å². The number of nitro groups is 1. The van der Waals surface area contributed by atoms with E-state index in [1.807, 2.05) is 31.2 Å². The molecule has 0 heterocycles. The molecular formula is C17H18N2O4. The lowest BCUT2D eigenvalue weighted by Gasteiger charge is -2.10. The van der Waals surface area contributed by atoms with Crippen molar-refractivity contribution >= 4 is 17.3 Å². The zero-order valence-corrected chi connectivity index (χ0v) is 12.8. The number of hydrogen-bond acceptors (Lipinski definition) is 4. The first-order valence-corrected chi connectivity index (χ1v) is 7.35. The summed E-state index contributed by atoms with van der Waals surface area (Å²) in [5.74, 6) is 0.366. The summed E-state index contributed by atoms with van der Waals surface area (Å²) in [5.41, 5.74) is 1.90. The molecule has 0 atom stereocenters. The molecule has 0 radical (unpaired) electrons. The Morgan fingerprint density at radius 2 is 1.87 bits per heavy atom. The molecule has 0 aliphatic rings. The highest BCUT2D eigenvalue weighted by Crippen LogP contribution is 2.18. The molecule has 0 saturated heterocycles. The molecule has 1 amide bonds. The maximum absolute atomic E-state index is 11.9. The number of benzene rings is 2. The van der Waals surface area contributed by atoms with Crippen molar-refractivity contribution in [2.75, 3.05) is 11.9 Å². The standard InChI is InChI=1S/C17H18N2O4/c1-2-13-5-3-4-6-16(13)18-17(20)11-12-23-15-9-7-14(8-10-15)19(21)22/h3-10H,2,11-12H2,1H3,(H,18,20). The number of amides is 1. The third-order valence-electron chi connectivity index (χ3n) is 3.32. The van der Waals surface area contributed by atoms with E-state index in [0.29, 0.717) is 5.75 Å². The zero-order valence-electron chi connectivity index (χ0n) is 12.8. The summed E-state index contributed by atoms with van der Waals surface area (Å²) < 4.78 is 5.42. The Morgan fingerprint density at radius 3 is 2.52 bits per heavy atom. The average Bonchev–Trinajstić information content (AvgIpc) is 2.56. The SMILES string of the molecule is CCc1ccccc1NC(=O)CCOc1ccc([N+](=O)[O-])cc1. The maximum Gasteiger partial charge on any atom is 0.269 e. The zero-order chi connectivity index (χ0) is 16.7. The van der Waals surface area contributed by atoms with Gasteiger partial charge in [0.2, 0.25) is 5.91 Å². The lowest BCUT2D eigenvalue weighted by atomic mass is 10.1. The molecular weight excluding hydrogens is 296 g/mol. The van der Waals surface area contributed by atoms with Gasteiger partial charge in [-0.1, -0.05) is 25.1 Å². The van der Waals surface area contributed by atoms with Gasteiger partial charge in [0, 0.05) is 17.8 Å². The Hall–Kier alpha value is -2.89. The molecule has 0 aliphatic heterocycles. The van der Waals surface area contributed by atoms with Gasteiger partial charge in [0.05, 0.1) is 18.0 Å². The van der Waals surface area contributed by atoms with E-state index in [1.54, 1.807) is 0 Å². The number of non-ortho nitro benzene ring substituents is 1. The second-order valence-electron chi connectivity index (χ2n) is 4.91. The van der Waals surface area contributed by atoms with Crippen LogP contribution in [0.2, 0.25) is 0 Å². The summed E-state index contributed by atoms with van der Waals surface area (Å²) in [7, 11) is 0. The number of nitrogens with zero attached hydrogens (tertiary/aromatic N) is 1. The highest BCUT2D eigenvalue weighted by Gasteiger charge is 2.07. The van der Waals surface area contributed by atoms with Crippen LogP contribution in [0.5, 0.6) is 5.75 Å². The first-order valence-electron chi connectivity index (χ1n) is 7.35. The fraction of sp³-hybridized carbons (Fsp3) is 0.235. The van der Waals surface area contributed by atoms with Crippen molar-refractivity contribution in [1.82, 2.24) is 0 Å². The van der Waals surface area contributed by atoms with E-state index >= 15 is 0 Å². The second-order valence-corrected chi connectivity index (χ2v) is 4.91. The quantitative estimate of drug-likeness (QED) is 0.625. The Labute approximate surface area is 134 Å². The van der Waals surface area contributed by atoms with Gasteiger partial charge in [0.1, 0.15) is 5.75 Å². The molecule has 120 valence electrons. The van der Waals surface area contributed by atoms with Crippen molar-refractivity contribution in [2.45, 2.75) is 19.8 Å². The van der Waals surface area contributed by atoms with Gasteiger partial charge in [-0.05, 0) is 30.2 Å². The highest BCUT2D eigenvalue weighted by atomic mass is 16.6. The summed E-state index contributed by atoms with van der Waals surface area (Å²) in [6.45, 7) is 2.24. The van der Waals surface area contributed by atoms with Crippen LogP contribution in [-0.4, -0.2) is 17.4 Å². The highest BCUT2D eigenvalue weighted by molar-refractivity contribution is 5.91. The first-order chi connectivity index (χ1) is 11.1. The summed E-state index contributed by atoms with van der Waals surface area (Å²) in [6, 6.07) is 13.4. The maximum atomic E-state index is 11.9. The number of ether oxygens (including phenoxy) is 1. The van der Waals surface area contributed by atoms with E-state index in [-0.39, 0.29) is 24.6 Å². The fourth-order valence-electron chi connectivity index (χ4n) is 2.09. The Balaban J connectivity index is 1.81. The van der Waals surface area contributed by atoms with Crippen LogP contribution >= 0.6 is 0 Å². The lowest BCUT2D eigenvalue weighted by molar-refractivity contribution is -0.384. The Morgan fingerprint density at radius 1 is 1.17 bits per heavy atom. The third-order valence-corrected chi connectivity index (χ3v) is 3.32. The van der Waals surface area contributed by atoms with Crippen molar-refractivity contribution in [2.24, 2.45) is 0 Å². The van der Waals surface area contributed by atoms with E-state index in [1.165, 1.54) is 24.3 Å². The van der Waals surface area contributed by atoms with E-state index in [9.17, 15) is 14.9 Å². The number of carbonyl (C=O) groups is 1. The largest absolute Gasteiger partial charge is 0.493 e. The normalized spacial score (nSPS) is 10.1. The molecule has 0 bridgehead atoms. The molecule has 0 aromatic heterocycles. The van der Waals surface area contributed by atoms with Gasteiger partial charge in [0.25, 0.3) is 5.69 Å². The predicted molar refractivity (Wildman–Crippen MR) is 87.7 cm³/mol. The monoisotopic (exact) mass is 314 g/mol. The smallest absolute Gasteiger partial charge is 0.269 e. The van der Waals surface area contributed by atoms with Gasteiger partial charge in [-0.3, -0.25) is 14.9 Å². The van der Waals surface area contributed by atoms with Crippen LogP contribution in [0.15, 0.2) is 48.5 Å². The Bertz CT molecular complexity index is 683. The first kappa shape index (κ1) is 16.5. The number of carbonyl (C=O) groups excluding carboxylic acids is 1. The fourth-order valence-corrected chi connectivity index (χ4v) is 2.09. The lowest BCUT2D eigenvalue weighted by Crippen LogP contribution is -2.16. The van der Waals surface area contributed by atoms with Gasteiger partial charge in [-0.25, -0.2) is 0 Å². The molecule has 6 nitrogen and oxygen atoms in total. The van der Waals surface area contributed by atoms with E-state index in [4.69, 9.17) is 4.74 Å². The number of anilines is 1. The van der Waals surface area contributed by atoms with Crippen LogP contribution in [0, 0.1) is 10.1 Å². The molecule has 0 saturated carbocycles. The van der Waals surface area contributed by atoms with Crippen molar-refractivity contribution in [3.63, 3.8) is 0 Å². The molecule has 0 unspecified atom stereocenters. The minimum atomic E-state index is -0.470. The summed E-state index contributed by atoms with van der Waals surface area (Å²) in [6.07, 6.45) is 1.05. The molecule has 1 N–H and O–H groups in total. The van der Waals surface area contributed by atoms with Crippen molar-refractivity contribution < 1.29 is 14.5 Å².